The average Bonchev–Trinajstić information content (AvgIpc) is 3.52. The summed E-state index contributed by atoms with van der Waals surface area (Å²) in [5.41, 5.74) is 2.18. The van der Waals surface area contributed by atoms with E-state index >= 15 is 0 Å². The summed E-state index contributed by atoms with van der Waals surface area (Å²) >= 11 is 6.79. The normalized spacial score (nSPS) is 18.9. The van der Waals surface area contributed by atoms with Crippen molar-refractivity contribution in [3.8, 4) is 16.9 Å². The van der Waals surface area contributed by atoms with Gasteiger partial charge in [-0.2, -0.15) is 0 Å². The minimum absolute atomic E-state index is 0.168. The molecule has 2 aliphatic rings. The molecule has 12 heteroatoms. The number of anilines is 1. The first-order chi connectivity index (χ1) is 15.9. The lowest BCUT2D eigenvalue weighted by molar-refractivity contribution is -0.0904. The minimum Gasteiger partial charge on any atom is -0.494 e. The number of halogens is 1. The van der Waals surface area contributed by atoms with Crippen LogP contribution < -0.4 is 14.9 Å². The number of pyridine rings is 2. The van der Waals surface area contributed by atoms with Crippen LogP contribution in [0.1, 0.15) is 28.9 Å². The molecular weight excluding hydrogens is 470 g/mol. The van der Waals surface area contributed by atoms with E-state index in [-0.39, 0.29) is 27.0 Å². The summed E-state index contributed by atoms with van der Waals surface area (Å²) in [6.45, 7) is 3.63. The Hall–Kier alpha value is -2.86. The number of aromatic nitrogens is 4. The van der Waals surface area contributed by atoms with Crippen LogP contribution in [-0.4, -0.2) is 52.7 Å². The van der Waals surface area contributed by atoms with Crippen LogP contribution in [0.2, 0.25) is 5.15 Å². The van der Waals surface area contributed by atoms with E-state index in [4.69, 9.17) is 25.8 Å². The van der Waals surface area contributed by atoms with Crippen molar-refractivity contribution in [2.75, 3.05) is 25.6 Å². The van der Waals surface area contributed by atoms with Crippen molar-refractivity contribution in [3.63, 3.8) is 0 Å². The number of nitrogens with one attached hydrogen (secondary N) is 2. The highest BCUT2D eigenvalue weighted by Crippen LogP contribution is 2.34. The first kappa shape index (κ1) is 23.3. The Morgan fingerprint density at radius 3 is 2.61 bits per heavy atom. The van der Waals surface area contributed by atoms with Gasteiger partial charge in [0.15, 0.2) is 6.29 Å². The maximum atomic E-state index is 12.6. The number of carbonyl (C=O) groups is 1. The van der Waals surface area contributed by atoms with Gasteiger partial charge >= 0.3 is 4.87 Å². The molecule has 5 heterocycles. The number of H-pyrrole nitrogens is 1. The van der Waals surface area contributed by atoms with Crippen molar-refractivity contribution in [2.45, 2.75) is 26.1 Å². The van der Waals surface area contributed by atoms with Gasteiger partial charge in [0.1, 0.15) is 10.9 Å². The van der Waals surface area contributed by atoms with Gasteiger partial charge in [-0.15, -0.1) is 5.10 Å². The topological polar surface area (TPSA) is 128 Å². The van der Waals surface area contributed by atoms with E-state index < -0.39 is 5.91 Å². The van der Waals surface area contributed by atoms with Gasteiger partial charge in [-0.05, 0) is 43.2 Å². The summed E-state index contributed by atoms with van der Waals surface area (Å²) in [7, 11) is 1.50. The molecule has 0 bridgehead atoms. The predicted octanol–water partition coefficient (Wildman–Crippen LogP) is 3.28. The number of fused-ring (bicyclic) bond motifs is 1. The molecule has 0 aliphatic carbocycles. The first-order valence-corrected chi connectivity index (χ1v) is 11.4. The Morgan fingerprint density at radius 1 is 1.21 bits per heavy atom. The molecule has 3 aromatic heterocycles. The second kappa shape index (κ2) is 10.4. The van der Waals surface area contributed by atoms with Gasteiger partial charge in [-0.3, -0.25) is 19.9 Å². The lowest BCUT2D eigenvalue weighted by atomic mass is 10.0. The molecule has 5 rings (SSSR count). The zero-order valence-corrected chi connectivity index (χ0v) is 19.5. The summed E-state index contributed by atoms with van der Waals surface area (Å²) in [4.78, 5) is 31.6. The average molecular weight is 492 g/mol. The maximum Gasteiger partial charge on any atom is 0.324 e. The lowest BCUT2D eigenvalue weighted by Crippen LogP contribution is -2.14. The quantitative estimate of drug-likeness (QED) is 0.532. The minimum atomic E-state index is -0.458. The summed E-state index contributed by atoms with van der Waals surface area (Å²) in [6.07, 6.45) is 5.53. The number of nitrogens with zero attached hydrogens (tertiary/aromatic N) is 3. The zero-order chi connectivity index (χ0) is 23.4. The second-order valence-electron chi connectivity index (χ2n) is 7.40. The highest BCUT2D eigenvalue weighted by molar-refractivity contribution is 7.13. The Kier molecular flexibility index (Phi) is 7.33. The number of amides is 1. The predicted molar refractivity (Wildman–Crippen MR) is 123 cm³/mol. The van der Waals surface area contributed by atoms with Gasteiger partial charge in [0.2, 0.25) is 5.13 Å². The van der Waals surface area contributed by atoms with E-state index in [0.29, 0.717) is 22.6 Å². The van der Waals surface area contributed by atoms with E-state index in [1.165, 1.54) is 32.3 Å². The lowest BCUT2D eigenvalue weighted by Gasteiger charge is -2.13. The number of rotatable bonds is 4. The van der Waals surface area contributed by atoms with Crippen LogP contribution in [0.3, 0.4) is 0 Å². The van der Waals surface area contributed by atoms with Crippen molar-refractivity contribution < 1.29 is 19.0 Å². The fourth-order valence-corrected chi connectivity index (χ4v) is 4.27. The number of hydrogen-bond acceptors (Lipinski definition) is 9. The van der Waals surface area contributed by atoms with Gasteiger partial charge in [0.05, 0.1) is 32.1 Å². The van der Waals surface area contributed by atoms with E-state index in [0.717, 1.165) is 30.5 Å². The third-order valence-electron chi connectivity index (χ3n) is 5.21. The van der Waals surface area contributed by atoms with Crippen molar-refractivity contribution in [1.29, 1.82) is 0 Å². The Balaban J connectivity index is 0.000000269. The van der Waals surface area contributed by atoms with E-state index in [2.05, 4.69) is 25.5 Å². The van der Waals surface area contributed by atoms with Crippen molar-refractivity contribution in [1.82, 2.24) is 20.2 Å². The molecule has 10 nitrogen and oxygen atoms in total. The van der Waals surface area contributed by atoms with Crippen molar-refractivity contribution >= 4 is 34.0 Å². The van der Waals surface area contributed by atoms with Crippen molar-refractivity contribution in [3.05, 3.63) is 50.6 Å². The smallest absolute Gasteiger partial charge is 0.324 e. The Morgan fingerprint density at radius 2 is 1.97 bits per heavy atom. The van der Waals surface area contributed by atoms with Gasteiger partial charge in [-0.25, -0.2) is 10.1 Å². The maximum absolute atomic E-state index is 12.6. The summed E-state index contributed by atoms with van der Waals surface area (Å²) in [5.74, 6) is 0.740. The third-order valence-corrected chi connectivity index (χ3v) is 6.08. The summed E-state index contributed by atoms with van der Waals surface area (Å²) in [6, 6.07) is 3.36. The van der Waals surface area contributed by atoms with E-state index in [1.54, 1.807) is 19.1 Å². The second-order valence-corrected chi connectivity index (χ2v) is 8.75. The molecule has 2 N–H and O–H groups in total. The molecule has 0 atom stereocenters. The number of aromatic amines is 1. The number of carbonyl (C=O) groups excluding carboxylic acids is 1. The van der Waals surface area contributed by atoms with Crippen LogP contribution in [0.4, 0.5) is 5.13 Å². The van der Waals surface area contributed by atoms with E-state index in [9.17, 15) is 9.59 Å². The molecule has 2 aliphatic heterocycles. The van der Waals surface area contributed by atoms with E-state index in [1.807, 2.05) is 0 Å². The van der Waals surface area contributed by atoms with Gasteiger partial charge in [0, 0.05) is 28.9 Å². The molecule has 0 saturated carbocycles. The number of hydrogen-bond donors (Lipinski definition) is 2. The van der Waals surface area contributed by atoms with Crippen LogP contribution in [-0.2, 0) is 9.47 Å². The molecule has 2 fully saturated rings. The standard InChI is InChI=1S/C15H12ClN5O3S.C6H10O2/c1-7-3-8(9-4-12(16)18-6-11(9)24-2)10(5-17-7)13(22)19-14-20-21-15(23)25-14;1-3-7-6-5(1)2-4-8-6/h3-6H,1-2H3,(H,21,23)(H,19,20,22);5-6H,1-4H2. The largest absolute Gasteiger partial charge is 0.494 e. The molecule has 0 radical (unpaired) electrons. The molecule has 0 spiro atoms. The van der Waals surface area contributed by atoms with Gasteiger partial charge in [-0.1, -0.05) is 11.6 Å². The number of aryl methyl sites for hydroxylation is 1. The molecule has 33 heavy (non-hydrogen) atoms. The molecule has 0 aromatic carbocycles. The number of methoxy groups -OCH3 is 1. The molecule has 2 saturated heterocycles. The first-order valence-electron chi connectivity index (χ1n) is 10.2. The highest BCUT2D eigenvalue weighted by Gasteiger charge is 2.33. The van der Waals surface area contributed by atoms with Gasteiger partial charge in [0.25, 0.3) is 5.91 Å². The SMILES string of the molecule is C1CC2CCOC2O1.COc1cnc(Cl)cc1-c1cc(C)ncc1C(=O)Nc1n[nH]c(=O)s1. The van der Waals surface area contributed by atoms with Crippen LogP contribution >= 0.6 is 22.9 Å². The molecule has 1 amide bonds. The molecule has 0 unspecified atom stereocenters. The highest BCUT2D eigenvalue weighted by atomic mass is 35.5. The Labute approximate surface area is 198 Å². The van der Waals surface area contributed by atoms with Crippen LogP contribution in [0.15, 0.2) is 29.3 Å². The molecular formula is C21H22ClN5O5S. The van der Waals surface area contributed by atoms with Crippen molar-refractivity contribution in [2.24, 2.45) is 5.92 Å². The van der Waals surface area contributed by atoms with Crippen LogP contribution in [0, 0.1) is 12.8 Å². The summed E-state index contributed by atoms with van der Waals surface area (Å²) < 4.78 is 15.8. The zero-order valence-electron chi connectivity index (χ0n) is 18.0. The van der Waals surface area contributed by atoms with Crippen LogP contribution in [0.5, 0.6) is 5.75 Å². The fraction of sp³-hybridized carbons (Fsp3) is 0.381. The monoisotopic (exact) mass is 491 g/mol. The molecule has 174 valence electrons. The molecule has 3 aromatic rings. The third kappa shape index (κ3) is 5.56. The summed E-state index contributed by atoms with van der Waals surface area (Å²) in [5, 5.41) is 8.97. The van der Waals surface area contributed by atoms with Crippen LogP contribution in [0.25, 0.3) is 11.1 Å². The van der Waals surface area contributed by atoms with Gasteiger partial charge < -0.3 is 14.2 Å². The number of ether oxygens (including phenoxy) is 3. The Bertz CT molecular complexity index is 1180. The fourth-order valence-electron chi connectivity index (χ4n) is 3.61.